The normalized spacial score (nSPS) is 10.3. The third-order valence-electron chi connectivity index (χ3n) is 2.99. The van der Waals surface area contributed by atoms with E-state index in [1.54, 1.807) is 12.1 Å². The van der Waals surface area contributed by atoms with Crippen LogP contribution in [-0.4, -0.2) is 11.0 Å². The Bertz CT molecular complexity index is 595. The number of hydrogen-bond acceptors (Lipinski definition) is 2. The molecular weight excluding hydrogens is 226 g/mol. The first-order valence-corrected chi connectivity index (χ1v) is 5.70. The SMILES string of the molecule is Cc1cc(-c2ccccc2C(N)=O)cc(C)c1O. The molecule has 1 amide bonds. The van der Waals surface area contributed by atoms with E-state index in [-0.39, 0.29) is 5.75 Å². The van der Waals surface area contributed by atoms with Crippen LogP contribution in [0.2, 0.25) is 0 Å². The molecule has 0 atom stereocenters. The molecule has 0 aromatic heterocycles. The van der Waals surface area contributed by atoms with Gasteiger partial charge in [-0.15, -0.1) is 0 Å². The second kappa shape index (κ2) is 4.53. The summed E-state index contributed by atoms with van der Waals surface area (Å²) in [4.78, 5) is 11.4. The number of aryl methyl sites for hydroxylation is 2. The maximum Gasteiger partial charge on any atom is 0.249 e. The molecule has 3 N–H and O–H groups in total. The number of aromatic hydroxyl groups is 1. The first-order chi connectivity index (χ1) is 8.50. The van der Waals surface area contributed by atoms with Crippen LogP contribution in [0.1, 0.15) is 21.5 Å². The lowest BCUT2D eigenvalue weighted by Crippen LogP contribution is -2.12. The van der Waals surface area contributed by atoms with E-state index in [9.17, 15) is 9.90 Å². The number of hydrogen-bond donors (Lipinski definition) is 2. The summed E-state index contributed by atoms with van der Waals surface area (Å²) in [6, 6.07) is 10.9. The van der Waals surface area contributed by atoms with Crippen LogP contribution < -0.4 is 5.73 Å². The molecule has 0 aliphatic heterocycles. The minimum Gasteiger partial charge on any atom is -0.507 e. The van der Waals surface area contributed by atoms with Crippen LogP contribution in [-0.2, 0) is 0 Å². The predicted octanol–water partition coefficient (Wildman–Crippen LogP) is 2.77. The molecule has 0 unspecified atom stereocenters. The zero-order valence-electron chi connectivity index (χ0n) is 10.4. The van der Waals surface area contributed by atoms with Crippen LogP contribution in [0.15, 0.2) is 36.4 Å². The average Bonchev–Trinajstić information content (AvgIpc) is 2.35. The van der Waals surface area contributed by atoms with E-state index in [0.29, 0.717) is 5.56 Å². The van der Waals surface area contributed by atoms with Crippen molar-refractivity contribution in [1.82, 2.24) is 0 Å². The Morgan fingerprint density at radius 3 is 2.22 bits per heavy atom. The van der Waals surface area contributed by atoms with Crippen molar-refractivity contribution in [2.24, 2.45) is 5.73 Å². The third-order valence-corrected chi connectivity index (χ3v) is 2.99. The topological polar surface area (TPSA) is 63.3 Å². The molecule has 0 aliphatic rings. The van der Waals surface area contributed by atoms with Crippen LogP contribution in [0, 0.1) is 13.8 Å². The molecule has 3 nitrogen and oxygen atoms in total. The molecule has 0 heterocycles. The molecule has 0 bridgehead atoms. The highest BCUT2D eigenvalue weighted by atomic mass is 16.3. The Hall–Kier alpha value is -2.29. The highest BCUT2D eigenvalue weighted by Gasteiger charge is 2.11. The number of benzene rings is 2. The van der Waals surface area contributed by atoms with E-state index < -0.39 is 5.91 Å². The number of phenols is 1. The van der Waals surface area contributed by atoms with Crippen LogP contribution >= 0.6 is 0 Å². The Morgan fingerprint density at radius 1 is 1.11 bits per heavy atom. The van der Waals surface area contributed by atoms with E-state index >= 15 is 0 Å². The summed E-state index contributed by atoms with van der Waals surface area (Å²) in [6.07, 6.45) is 0. The molecular formula is C15H15NO2. The van der Waals surface area contributed by atoms with Crippen LogP contribution in [0.25, 0.3) is 11.1 Å². The first-order valence-electron chi connectivity index (χ1n) is 5.70. The minimum atomic E-state index is -0.450. The lowest BCUT2D eigenvalue weighted by molar-refractivity contribution is 0.100. The Kier molecular flexibility index (Phi) is 3.06. The van der Waals surface area contributed by atoms with Gasteiger partial charge in [-0.2, -0.15) is 0 Å². The van der Waals surface area contributed by atoms with Crippen molar-refractivity contribution in [1.29, 1.82) is 0 Å². The molecule has 0 saturated carbocycles. The van der Waals surface area contributed by atoms with Gasteiger partial charge in [0.2, 0.25) is 5.91 Å². The van der Waals surface area contributed by atoms with Crippen molar-refractivity contribution in [2.45, 2.75) is 13.8 Å². The highest BCUT2D eigenvalue weighted by Crippen LogP contribution is 2.30. The van der Waals surface area contributed by atoms with Gasteiger partial charge in [0.1, 0.15) is 5.75 Å². The molecule has 18 heavy (non-hydrogen) atoms. The molecule has 2 rings (SSSR count). The number of phenolic OH excluding ortho intramolecular Hbond substituents is 1. The number of carbonyl (C=O) groups excluding carboxylic acids is 1. The maximum atomic E-state index is 11.4. The van der Waals surface area contributed by atoms with Crippen LogP contribution in [0.4, 0.5) is 0 Å². The number of primary amides is 1. The smallest absolute Gasteiger partial charge is 0.249 e. The average molecular weight is 241 g/mol. The lowest BCUT2D eigenvalue weighted by atomic mass is 9.96. The molecule has 0 spiro atoms. The van der Waals surface area contributed by atoms with Crippen molar-refractivity contribution < 1.29 is 9.90 Å². The number of carbonyl (C=O) groups is 1. The monoisotopic (exact) mass is 241 g/mol. The molecule has 0 radical (unpaired) electrons. The standard InChI is InChI=1S/C15H15NO2/c1-9-7-11(8-10(2)14(9)17)12-5-3-4-6-13(12)15(16)18/h3-8,17H,1-2H3,(H2,16,18). The third kappa shape index (κ3) is 2.07. The summed E-state index contributed by atoms with van der Waals surface area (Å²) in [5.41, 5.74) is 9.10. The second-order valence-electron chi connectivity index (χ2n) is 4.37. The molecule has 92 valence electrons. The summed E-state index contributed by atoms with van der Waals surface area (Å²) in [5, 5.41) is 9.76. The fourth-order valence-corrected chi connectivity index (χ4v) is 2.06. The number of rotatable bonds is 2. The van der Waals surface area contributed by atoms with E-state index in [2.05, 4.69) is 0 Å². The molecule has 3 heteroatoms. The van der Waals surface area contributed by atoms with Gasteiger partial charge in [-0.25, -0.2) is 0 Å². The van der Waals surface area contributed by atoms with Gasteiger partial charge in [-0.05, 0) is 54.3 Å². The summed E-state index contributed by atoms with van der Waals surface area (Å²) in [6.45, 7) is 3.66. The van der Waals surface area contributed by atoms with Gasteiger partial charge >= 0.3 is 0 Å². The predicted molar refractivity (Wildman–Crippen MR) is 71.5 cm³/mol. The van der Waals surface area contributed by atoms with Gasteiger partial charge in [0.05, 0.1) is 0 Å². The fraction of sp³-hybridized carbons (Fsp3) is 0.133. The van der Waals surface area contributed by atoms with Crippen molar-refractivity contribution in [2.75, 3.05) is 0 Å². The van der Waals surface area contributed by atoms with Gasteiger partial charge in [0.15, 0.2) is 0 Å². The lowest BCUT2D eigenvalue weighted by Gasteiger charge is -2.10. The van der Waals surface area contributed by atoms with E-state index in [1.165, 1.54) is 0 Å². The quantitative estimate of drug-likeness (QED) is 0.849. The molecule has 2 aromatic carbocycles. The van der Waals surface area contributed by atoms with Crippen LogP contribution in [0.3, 0.4) is 0 Å². The minimum absolute atomic E-state index is 0.287. The largest absolute Gasteiger partial charge is 0.507 e. The summed E-state index contributed by atoms with van der Waals surface area (Å²) < 4.78 is 0. The summed E-state index contributed by atoms with van der Waals surface area (Å²) >= 11 is 0. The molecule has 0 saturated heterocycles. The van der Waals surface area contributed by atoms with Crippen molar-refractivity contribution in [3.63, 3.8) is 0 Å². The molecule has 0 fully saturated rings. The second-order valence-corrected chi connectivity index (χ2v) is 4.37. The van der Waals surface area contributed by atoms with Crippen molar-refractivity contribution in [3.8, 4) is 16.9 Å². The van der Waals surface area contributed by atoms with Crippen molar-refractivity contribution in [3.05, 3.63) is 53.1 Å². The van der Waals surface area contributed by atoms with E-state index in [1.807, 2.05) is 38.1 Å². The van der Waals surface area contributed by atoms with E-state index in [0.717, 1.165) is 22.3 Å². The number of nitrogens with two attached hydrogens (primary N) is 1. The highest BCUT2D eigenvalue weighted by molar-refractivity contribution is 5.99. The fourth-order valence-electron chi connectivity index (χ4n) is 2.06. The van der Waals surface area contributed by atoms with Gasteiger partial charge in [-0.3, -0.25) is 4.79 Å². The number of amides is 1. The molecule has 0 aliphatic carbocycles. The van der Waals surface area contributed by atoms with Crippen LogP contribution in [0.5, 0.6) is 5.75 Å². The zero-order chi connectivity index (χ0) is 13.3. The summed E-state index contributed by atoms with van der Waals surface area (Å²) in [5.74, 6) is -0.163. The zero-order valence-corrected chi connectivity index (χ0v) is 10.4. The first kappa shape index (κ1) is 12.2. The van der Waals surface area contributed by atoms with Gasteiger partial charge < -0.3 is 10.8 Å². The van der Waals surface area contributed by atoms with Gasteiger partial charge in [-0.1, -0.05) is 18.2 Å². The van der Waals surface area contributed by atoms with Gasteiger partial charge in [0, 0.05) is 5.56 Å². The van der Waals surface area contributed by atoms with E-state index in [4.69, 9.17) is 5.73 Å². The van der Waals surface area contributed by atoms with Gasteiger partial charge in [0.25, 0.3) is 0 Å². The maximum absolute atomic E-state index is 11.4. The Labute approximate surface area is 106 Å². The Morgan fingerprint density at radius 2 is 1.67 bits per heavy atom. The van der Waals surface area contributed by atoms with Crippen molar-refractivity contribution >= 4 is 5.91 Å². The summed E-state index contributed by atoms with van der Waals surface area (Å²) in [7, 11) is 0. The molecule has 2 aromatic rings. The Balaban J connectivity index is 2.66.